The highest BCUT2D eigenvalue weighted by Crippen LogP contribution is 1.96. The Hall–Kier alpha value is -1.52. The molecule has 0 spiro atoms. The normalized spacial score (nSPS) is 11.4. The molecule has 0 aromatic heterocycles. The smallest absolute Gasteiger partial charge is 0.410 e. The largest absolute Gasteiger partial charge is 0.446 e. The number of amides is 1. The van der Waals surface area contributed by atoms with Gasteiger partial charge in [0.15, 0.2) is 6.73 Å². The van der Waals surface area contributed by atoms with Crippen LogP contribution in [0.2, 0.25) is 0 Å². The molecule has 1 unspecified atom stereocenters. The first-order valence-electron chi connectivity index (χ1n) is 4.74. The van der Waals surface area contributed by atoms with Crippen LogP contribution in [0.15, 0.2) is 12.2 Å². The SMILES string of the molecule is C=C(C)C(=O)OCNC(=O)OC(C)CC. The molecule has 1 N–H and O–H groups in total. The fourth-order valence-corrected chi connectivity index (χ4v) is 0.591. The second-order valence-electron chi connectivity index (χ2n) is 3.16. The van der Waals surface area contributed by atoms with E-state index in [-0.39, 0.29) is 18.4 Å². The van der Waals surface area contributed by atoms with Crippen LogP contribution in [0.1, 0.15) is 27.2 Å². The zero-order chi connectivity index (χ0) is 11.8. The van der Waals surface area contributed by atoms with Gasteiger partial charge in [0.1, 0.15) is 6.10 Å². The van der Waals surface area contributed by atoms with Gasteiger partial charge in [-0.05, 0) is 20.3 Å². The number of nitrogens with one attached hydrogen (secondary N) is 1. The topological polar surface area (TPSA) is 64.6 Å². The maximum atomic E-state index is 11.0. The Kier molecular flexibility index (Phi) is 6.17. The van der Waals surface area contributed by atoms with E-state index in [0.717, 1.165) is 6.42 Å². The van der Waals surface area contributed by atoms with Crippen molar-refractivity contribution in [2.45, 2.75) is 33.3 Å². The van der Waals surface area contributed by atoms with E-state index < -0.39 is 12.1 Å². The maximum Gasteiger partial charge on any atom is 0.410 e. The van der Waals surface area contributed by atoms with Crippen molar-refractivity contribution in [3.05, 3.63) is 12.2 Å². The molecule has 5 nitrogen and oxygen atoms in total. The van der Waals surface area contributed by atoms with Crippen molar-refractivity contribution in [3.8, 4) is 0 Å². The Morgan fingerprint density at radius 3 is 2.53 bits per heavy atom. The number of carbonyl (C=O) groups excluding carboxylic acids is 2. The molecule has 1 amide bonds. The summed E-state index contributed by atoms with van der Waals surface area (Å²) in [6.45, 7) is 8.40. The van der Waals surface area contributed by atoms with Gasteiger partial charge in [-0.15, -0.1) is 0 Å². The molecule has 15 heavy (non-hydrogen) atoms. The van der Waals surface area contributed by atoms with Gasteiger partial charge in [0, 0.05) is 5.57 Å². The standard InChI is InChI=1S/C10H17NO4/c1-5-8(4)15-10(13)11-6-14-9(12)7(2)3/h8H,2,5-6H2,1,3-4H3,(H,11,13). The first-order chi connectivity index (χ1) is 6.97. The van der Waals surface area contributed by atoms with Gasteiger partial charge in [-0.1, -0.05) is 13.5 Å². The number of hydrogen-bond donors (Lipinski definition) is 1. The lowest BCUT2D eigenvalue weighted by Gasteiger charge is -2.11. The zero-order valence-corrected chi connectivity index (χ0v) is 9.33. The Morgan fingerprint density at radius 2 is 2.07 bits per heavy atom. The monoisotopic (exact) mass is 215 g/mol. The van der Waals surface area contributed by atoms with Crippen molar-refractivity contribution in [1.82, 2.24) is 5.32 Å². The van der Waals surface area contributed by atoms with Crippen molar-refractivity contribution >= 4 is 12.1 Å². The Bertz CT molecular complexity index is 250. The molecule has 0 aliphatic rings. The highest BCUT2D eigenvalue weighted by Gasteiger charge is 2.08. The lowest BCUT2D eigenvalue weighted by Crippen LogP contribution is -2.30. The molecule has 0 rings (SSSR count). The molecule has 0 radical (unpaired) electrons. The Labute approximate surface area is 89.4 Å². The van der Waals surface area contributed by atoms with Crippen molar-refractivity contribution in [3.63, 3.8) is 0 Å². The van der Waals surface area contributed by atoms with Crippen LogP contribution in [-0.2, 0) is 14.3 Å². The van der Waals surface area contributed by atoms with E-state index in [1.165, 1.54) is 6.92 Å². The van der Waals surface area contributed by atoms with Gasteiger partial charge >= 0.3 is 12.1 Å². The van der Waals surface area contributed by atoms with Crippen LogP contribution in [0.25, 0.3) is 0 Å². The third-order valence-corrected chi connectivity index (χ3v) is 1.65. The average molecular weight is 215 g/mol. The number of alkyl carbamates (subject to hydrolysis) is 1. The van der Waals surface area contributed by atoms with E-state index in [4.69, 9.17) is 4.74 Å². The second-order valence-corrected chi connectivity index (χ2v) is 3.16. The van der Waals surface area contributed by atoms with Gasteiger partial charge in [-0.2, -0.15) is 0 Å². The summed E-state index contributed by atoms with van der Waals surface area (Å²) in [4.78, 5) is 21.9. The Balaban J connectivity index is 3.64. The van der Waals surface area contributed by atoms with E-state index in [0.29, 0.717) is 0 Å². The molecule has 86 valence electrons. The summed E-state index contributed by atoms with van der Waals surface area (Å²) >= 11 is 0. The molecular weight excluding hydrogens is 198 g/mol. The van der Waals surface area contributed by atoms with E-state index >= 15 is 0 Å². The van der Waals surface area contributed by atoms with E-state index in [2.05, 4.69) is 16.6 Å². The predicted molar refractivity (Wildman–Crippen MR) is 55.1 cm³/mol. The molecular formula is C10H17NO4. The number of rotatable bonds is 5. The summed E-state index contributed by atoms with van der Waals surface area (Å²) in [5, 5.41) is 2.29. The average Bonchev–Trinajstić information content (AvgIpc) is 2.17. The summed E-state index contributed by atoms with van der Waals surface area (Å²) < 4.78 is 9.52. The van der Waals surface area contributed by atoms with Gasteiger partial charge in [-0.25, -0.2) is 9.59 Å². The van der Waals surface area contributed by atoms with Gasteiger partial charge in [0.2, 0.25) is 0 Å². The fourth-order valence-electron chi connectivity index (χ4n) is 0.591. The van der Waals surface area contributed by atoms with Crippen LogP contribution in [0.4, 0.5) is 4.79 Å². The van der Waals surface area contributed by atoms with Crippen LogP contribution in [0.3, 0.4) is 0 Å². The number of carbonyl (C=O) groups is 2. The minimum atomic E-state index is -0.598. The van der Waals surface area contributed by atoms with E-state index in [9.17, 15) is 9.59 Å². The first kappa shape index (κ1) is 13.5. The molecule has 0 fully saturated rings. The predicted octanol–water partition coefficient (Wildman–Crippen LogP) is 1.59. The van der Waals surface area contributed by atoms with Gasteiger partial charge < -0.3 is 9.47 Å². The van der Waals surface area contributed by atoms with Crippen molar-refractivity contribution < 1.29 is 19.1 Å². The Morgan fingerprint density at radius 1 is 1.47 bits per heavy atom. The fraction of sp³-hybridized carbons (Fsp3) is 0.600. The van der Waals surface area contributed by atoms with Crippen LogP contribution in [0.5, 0.6) is 0 Å². The second kappa shape index (κ2) is 6.86. The maximum absolute atomic E-state index is 11.0. The van der Waals surface area contributed by atoms with Crippen LogP contribution in [-0.4, -0.2) is 24.9 Å². The number of ether oxygens (including phenoxy) is 2. The molecule has 1 atom stereocenters. The molecule has 0 bridgehead atoms. The van der Waals surface area contributed by atoms with Crippen molar-refractivity contribution in [2.24, 2.45) is 0 Å². The van der Waals surface area contributed by atoms with Crippen LogP contribution in [0, 0.1) is 0 Å². The third kappa shape index (κ3) is 6.54. The zero-order valence-electron chi connectivity index (χ0n) is 9.33. The van der Waals surface area contributed by atoms with E-state index in [1.54, 1.807) is 6.92 Å². The summed E-state index contributed by atoms with van der Waals surface area (Å²) in [5.74, 6) is -0.543. The minimum absolute atomic E-state index is 0.151. The molecule has 0 aliphatic carbocycles. The number of esters is 1. The highest BCUT2D eigenvalue weighted by molar-refractivity contribution is 5.87. The van der Waals surface area contributed by atoms with Gasteiger partial charge in [0.05, 0.1) is 0 Å². The van der Waals surface area contributed by atoms with Crippen molar-refractivity contribution in [1.29, 1.82) is 0 Å². The van der Waals surface area contributed by atoms with E-state index in [1.807, 2.05) is 6.92 Å². The lowest BCUT2D eigenvalue weighted by atomic mass is 10.3. The highest BCUT2D eigenvalue weighted by atomic mass is 16.6. The molecule has 0 aromatic carbocycles. The molecule has 0 aromatic rings. The first-order valence-corrected chi connectivity index (χ1v) is 4.74. The lowest BCUT2D eigenvalue weighted by molar-refractivity contribution is -0.139. The molecule has 0 aliphatic heterocycles. The van der Waals surface area contributed by atoms with Gasteiger partial charge in [0.25, 0.3) is 0 Å². The molecule has 0 saturated heterocycles. The van der Waals surface area contributed by atoms with Crippen LogP contribution >= 0.6 is 0 Å². The van der Waals surface area contributed by atoms with Crippen molar-refractivity contribution in [2.75, 3.05) is 6.73 Å². The summed E-state index contributed by atoms with van der Waals surface area (Å²) in [6, 6.07) is 0. The molecule has 0 saturated carbocycles. The minimum Gasteiger partial charge on any atom is -0.446 e. The summed E-state index contributed by atoms with van der Waals surface area (Å²) in [5.41, 5.74) is 0.284. The molecule has 0 heterocycles. The summed E-state index contributed by atoms with van der Waals surface area (Å²) in [7, 11) is 0. The molecule has 5 heteroatoms. The number of hydrogen-bond acceptors (Lipinski definition) is 4. The summed E-state index contributed by atoms with van der Waals surface area (Å²) in [6.07, 6.45) is -0.0143. The van der Waals surface area contributed by atoms with Gasteiger partial charge in [-0.3, -0.25) is 5.32 Å². The quantitative estimate of drug-likeness (QED) is 0.429. The third-order valence-electron chi connectivity index (χ3n) is 1.65. The van der Waals surface area contributed by atoms with Crippen LogP contribution < -0.4 is 5.32 Å².